The second-order valence-electron chi connectivity index (χ2n) is 6.17. The van der Waals surface area contributed by atoms with Crippen molar-refractivity contribution in [3.63, 3.8) is 0 Å². The SMILES string of the molecule is CC1NC(Cc2ccccc2)C(=O)N1CCN1CCCC1. The highest BCUT2D eigenvalue weighted by molar-refractivity contribution is 5.84. The highest BCUT2D eigenvalue weighted by Gasteiger charge is 2.36. The summed E-state index contributed by atoms with van der Waals surface area (Å²) >= 11 is 0. The predicted octanol–water partition coefficient (Wildman–Crippen LogP) is 1.47. The van der Waals surface area contributed by atoms with E-state index in [9.17, 15) is 4.79 Å². The minimum atomic E-state index is -0.0685. The van der Waals surface area contributed by atoms with Gasteiger partial charge in [-0.2, -0.15) is 0 Å². The van der Waals surface area contributed by atoms with Crippen molar-refractivity contribution in [1.82, 2.24) is 15.1 Å². The quantitative estimate of drug-likeness (QED) is 0.891. The minimum Gasteiger partial charge on any atom is -0.325 e. The second-order valence-corrected chi connectivity index (χ2v) is 6.17. The molecule has 1 amide bonds. The zero-order valence-electron chi connectivity index (χ0n) is 12.8. The van der Waals surface area contributed by atoms with Gasteiger partial charge in [0.15, 0.2) is 0 Å². The lowest BCUT2D eigenvalue weighted by atomic mass is 10.1. The van der Waals surface area contributed by atoms with Crippen LogP contribution in [0.5, 0.6) is 0 Å². The van der Waals surface area contributed by atoms with Gasteiger partial charge in [-0.05, 0) is 44.8 Å². The number of amides is 1. The Morgan fingerprint density at radius 2 is 1.86 bits per heavy atom. The maximum atomic E-state index is 12.6. The molecule has 1 aromatic carbocycles. The molecule has 2 fully saturated rings. The molecule has 114 valence electrons. The van der Waals surface area contributed by atoms with Crippen LogP contribution in [0.3, 0.4) is 0 Å². The van der Waals surface area contributed by atoms with Crippen LogP contribution < -0.4 is 5.32 Å². The summed E-state index contributed by atoms with van der Waals surface area (Å²) in [5.41, 5.74) is 1.22. The fraction of sp³-hybridized carbons (Fsp3) is 0.588. The fourth-order valence-corrected chi connectivity index (χ4v) is 3.40. The molecule has 0 aromatic heterocycles. The molecule has 0 radical (unpaired) electrons. The number of benzene rings is 1. The first-order valence-corrected chi connectivity index (χ1v) is 8.07. The number of carbonyl (C=O) groups excluding carboxylic acids is 1. The number of hydrogen-bond acceptors (Lipinski definition) is 3. The van der Waals surface area contributed by atoms with E-state index in [1.165, 1.54) is 31.5 Å². The Morgan fingerprint density at radius 3 is 2.57 bits per heavy atom. The average molecular weight is 287 g/mol. The molecule has 0 bridgehead atoms. The summed E-state index contributed by atoms with van der Waals surface area (Å²) in [6.07, 6.45) is 3.54. The highest BCUT2D eigenvalue weighted by Crippen LogP contribution is 2.15. The van der Waals surface area contributed by atoms with Crippen LogP contribution in [0.15, 0.2) is 30.3 Å². The van der Waals surface area contributed by atoms with Crippen LogP contribution in [-0.4, -0.2) is 54.1 Å². The van der Waals surface area contributed by atoms with E-state index in [4.69, 9.17) is 0 Å². The van der Waals surface area contributed by atoms with Gasteiger partial charge in [0, 0.05) is 13.1 Å². The van der Waals surface area contributed by atoms with Gasteiger partial charge >= 0.3 is 0 Å². The first-order chi connectivity index (χ1) is 10.2. The summed E-state index contributed by atoms with van der Waals surface area (Å²) in [7, 11) is 0. The fourth-order valence-electron chi connectivity index (χ4n) is 3.40. The summed E-state index contributed by atoms with van der Waals surface area (Å²) in [6, 6.07) is 10.2. The van der Waals surface area contributed by atoms with Gasteiger partial charge in [0.2, 0.25) is 5.91 Å². The van der Waals surface area contributed by atoms with Crippen LogP contribution in [0, 0.1) is 0 Å². The van der Waals surface area contributed by atoms with E-state index in [1.807, 2.05) is 23.1 Å². The van der Waals surface area contributed by atoms with Gasteiger partial charge in [-0.25, -0.2) is 0 Å². The first kappa shape index (κ1) is 14.5. The largest absolute Gasteiger partial charge is 0.325 e. The van der Waals surface area contributed by atoms with Gasteiger partial charge in [-0.1, -0.05) is 30.3 Å². The first-order valence-electron chi connectivity index (χ1n) is 8.07. The van der Waals surface area contributed by atoms with E-state index in [1.54, 1.807) is 0 Å². The lowest BCUT2D eigenvalue weighted by Crippen LogP contribution is -2.40. The second kappa shape index (κ2) is 6.58. The molecule has 2 heterocycles. The topological polar surface area (TPSA) is 35.6 Å². The van der Waals surface area contributed by atoms with Gasteiger partial charge in [-0.3, -0.25) is 10.1 Å². The lowest BCUT2D eigenvalue weighted by molar-refractivity contribution is -0.130. The molecule has 0 spiro atoms. The number of rotatable bonds is 5. The Kier molecular flexibility index (Phi) is 4.56. The maximum Gasteiger partial charge on any atom is 0.241 e. The monoisotopic (exact) mass is 287 g/mol. The summed E-state index contributed by atoms with van der Waals surface area (Å²) in [5.74, 6) is 0.255. The van der Waals surface area contributed by atoms with Crippen molar-refractivity contribution in [2.45, 2.75) is 38.4 Å². The minimum absolute atomic E-state index is 0.0685. The van der Waals surface area contributed by atoms with Gasteiger partial charge in [0.1, 0.15) is 0 Å². The molecule has 3 rings (SSSR count). The smallest absolute Gasteiger partial charge is 0.241 e. The Labute approximate surface area is 127 Å². The summed E-state index contributed by atoms with van der Waals surface area (Å²) in [4.78, 5) is 17.0. The third-order valence-electron chi connectivity index (χ3n) is 4.63. The lowest BCUT2D eigenvalue weighted by Gasteiger charge is -2.24. The molecule has 2 aliphatic rings. The van der Waals surface area contributed by atoms with Gasteiger partial charge < -0.3 is 9.80 Å². The molecule has 4 heteroatoms. The Hall–Kier alpha value is -1.39. The van der Waals surface area contributed by atoms with E-state index in [0.29, 0.717) is 0 Å². The molecule has 0 aliphatic carbocycles. The van der Waals surface area contributed by atoms with Crippen molar-refractivity contribution in [3.8, 4) is 0 Å². The molecule has 2 saturated heterocycles. The molecule has 4 nitrogen and oxygen atoms in total. The molecule has 1 aromatic rings. The maximum absolute atomic E-state index is 12.6. The van der Waals surface area contributed by atoms with E-state index in [-0.39, 0.29) is 18.1 Å². The van der Waals surface area contributed by atoms with E-state index in [0.717, 1.165) is 19.5 Å². The third-order valence-corrected chi connectivity index (χ3v) is 4.63. The zero-order chi connectivity index (χ0) is 14.7. The molecule has 0 saturated carbocycles. The normalized spacial score (nSPS) is 26.7. The van der Waals surface area contributed by atoms with Gasteiger partial charge in [-0.15, -0.1) is 0 Å². The van der Waals surface area contributed by atoms with Gasteiger partial charge in [0.25, 0.3) is 0 Å². The van der Waals surface area contributed by atoms with Crippen LogP contribution in [0.1, 0.15) is 25.3 Å². The van der Waals surface area contributed by atoms with E-state index >= 15 is 0 Å². The summed E-state index contributed by atoms with van der Waals surface area (Å²) in [6.45, 7) is 6.33. The zero-order valence-corrected chi connectivity index (χ0v) is 12.8. The Bertz CT molecular complexity index is 470. The molecule has 2 unspecified atom stereocenters. The van der Waals surface area contributed by atoms with Crippen molar-refractivity contribution in [1.29, 1.82) is 0 Å². The van der Waals surface area contributed by atoms with Crippen LogP contribution in [0.2, 0.25) is 0 Å². The van der Waals surface area contributed by atoms with Crippen molar-refractivity contribution in [3.05, 3.63) is 35.9 Å². The molecule has 1 N–H and O–H groups in total. The molecular formula is C17H25N3O. The van der Waals surface area contributed by atoms with Crippen LogP contribution in [0.4, 0.5) is 0 Å². The number of nitrogens with one attached hydrogen (secondary N) is 1. The predicted molar refractivity (Wildman–Crippen MR) is 83.9 cm³/mol. The molecule has 21 heavy (non-hydrogen) atoms. The standard InChI is InChI=1S/C17H25N3O/c1-14-18-16(13-15-7-3-2-4-8-15)17(21)20(14)12-11-19-9-5-6-10-19/h2-4,7-8,14,16,18H,5-6,9-13H2,1H3. The van der Waals surface area contributed by atoms with Crippen molar-refractivity contribution < 1.29 is 4.79 Å². The Balaban J connectivity index is 1.55. The molecule has 2 atom stereocenters. The number of likely N-dealkylation sites (tertiary alicyclic amines) is 1. The number of carbonyl (C=O) groups is 1. The third kappa shape index (κ3) is 3.44. The summed E-state index contributed by atoms with van der Waals surface area (Å²) < 4.78 is 0. The van der Waals surface area contributed by atoms with Crippen molar-refractivity contribution in [2.24, 2.45) is 0 Å². The highest BCUT2D eigenvalue weighted by atomic mass is 16.2. The van der Waals surface area contributed by atoms with Crippen molar-refractivity contribution in [2.75, 3.05) is 26.2 Å². The van der Waals surface area contributed by atoms with E-state index < -0.39 is 0 Å². The van der Waals surface area contributed by atoms with E-state index in [2.05, 4.69) is 29.3 Å². The Morgan fingerprint density at radius 1 is 1.14 bits per heavy atom. The van der Waals surface area contributed by atoms with Crippen LogP contribution >= 0.6 is 0 Å². The van der Waals surface area contributed by atoms with Crippen LogP contribution in [-0.2, 0) is 11.2 Å². The number of hydrogen-bond donors (Lipinski definition) is 1. The average Bonchev–Trinajstić information content (AvgIpc) is 3.08. The van der Waals surface area contributed by atoms with Crippen LogP contribution in [0.25, 0.3) is 0 Å². The van der Waals surface area contributed by atoms with Crippen molar-refractivity contribution >= 4 is 5.91 Å². The summed E-state index contributed by atoms with van der Waals surface area (Å²) in [5, 5.41) is 3.44. The van der Waals surface area contributed by atoms with Gasteiger partial charge in [0.05, 0.1) is 12.2 Å². The molecular weight excluding hydrogens is 262 g/mol. The molecule has 2 aliphatic heterocycles. The number of nitrogens with zero attached hydrogens (tertiary/aromatic N) is 2.